The monoisotopic (exact) mass is 180 g/mol. The number of aliphatic hydroxyl groups excluding tert-OH is 3. The number of allylic oxidation sites excluding steroid dienone is 1. The number of aliphatic hydroxyl groups is 3. The summed E-state index contributed by atoms with van der Waals surface area (Å²) in [7, 11) is 3.25. The summed E-state index contributed by atoms with van der Waals surface area (Å²) < 4.78 is 4.25. The van der Waals surface area contributed by atoms with Gasteiger partial charge in [-0.1, -0.05) is 6.08 Å². The Bertz CT molecular complexity index is 62.1. The predicted molar refractivity (Wildman–Crippen MR) is 49.0 cm³/mol. The standard InChI is InChI=1S/C3H8O3.C3H6.C2H6O/c4-1-3(6)2-5;2*1-3-2/h3-6H,1-2H2;3H,1H2,2H3;1-2H3. The molecule has 0 aliphatic carbocycles. The lowest BCUT2D eigenvalue weighted by Crippen LogP contribution is -2.15. The highest BCUT2D eigenvalue weighted by Gasteiger charge is 1.93. The maximum Gasteiger partial charge on any atom is 0.100 e. The van der Waals surface area contributed by atoms with Crippen molar-refractivity contribution >= 4 is 0 Å². The number of methoxy groups -OCH3 is 1. The Balaban J connectivity index is -0.000000115. The highest BCUT2D eigenvalue weighted by Crippen LogP contribution is 1.71. The SMILES string of the molecule is C=CC.COC.OCC(O)CO. The first-order valence-electron chi connectivity index (χ1n) is 3.51. The Morgan fingerprint density at radius 3 is 1.50 bits per heavy atom. The van der Waals surface area contributed by atoms with Crippen molar-refractivity contribution in [3.05, 3.63) is 12.7 Å². The Kier molecular flexibility index (Phi) is 32.9. The molecular weight excluding hydrogens is 160 g/mol. The molecule has 0 fully saturated rings. The molecule has 0 heterocycles. The smallest absolute Gasteiger partial charge is 0.100 e. The Morgan fingerprint density at radius 2 is 1.50 bits per heavy atom. The summed E-state index contributed by atoms with van der Waals surface area (Å²) in [5.74, 6) is 0. The molecule has 0 radical (unpaired) electrons. The highest BCUT2D eigenvalue weighted by molar-refractivity contribution is 4.51. The normalized spacial score (nSPS) is 7.58. The second kappa shape index (κ2) is 22.4. The zero-order valence-corrected chi connectivity index (χ0v) is 8.03. The van der Waals surface area contributed by atoms with Gasteiger partial charge in [0.15, 0.2) is 0 Å². The molecule has 0 aromatic rings. The Hall–Kier alpha value is -0.420. The van der Waals surface area contributed by atoms with E-state index in [1.807, 2.05) is 6.92 Å². The molecule has 0 saturated carbocycles. The molecule has 76 valence electrons. The summed E-state index contributed by atoms with van der Waals surface area (Å²) in [6, 6.07) is 0. The van der Waals surface area contributed by atoms with Crippen molar-refractivity contribution in [2.75, 3.05) is 27.4 Å². The molecule has 0 rings (SSSR count). The van der Waals surface area contributed by atoms with E-state index in [1.54, 1.807) is 20.3 Å². The lowest BCUT2D eigenvalue weighted by Gasteiger charge is -1.96. The van der Waals surface area contributed by atoms with Crippen LogP contribution in [0.15, 0.2) is 12.7 Å². The van der Waals surface area contributed by atoms with E-state index in [1.165, 1.54) is 0 Å². The molecular formula is C8H20O4. The minimum absolute atomic E-state index is 0.365. The first kappa shape index (κ1) is 17.6. The molecule has 4 heteroatoms. The first-order chi connectivity index (χ1) is 5.64. The maximum atomic E-state index is 8.17. The van der Waals surface area contributed by atoms with Gasteiger partial charge in [0.25, 0.3) is 0 Å². The summed E-state index contributed by atoms with van der Waals surface area (Å²) in [6.45, 7) is 4.52. The third kappa shape index (κ3) is 55.0. The van der Waals surface area contributed by atoms with Crippen LogP contribution in [0, 0.1) is 0 Å². The van der Waals surface area contributed by atoms with Gasteiger partial charge in [-0.15, -0.1) is 6.58 Å². The van der Waals surface area contributed by atoms with Crippen LogP contribution in [0.5, 0.6) is 0 Å². The molecule has 3 N–H and O–H groups in total. The molecule has 0 unspecified atom stereocenters. The number of hydrogen-bond donors (Lipinski definition) is 3. The van der Waals surface area contributed by atoms with Crippen LogP contribution in [0.1, 0.15) is 6.92 Å². The van der Waals surface area contributed by atoms with Gasteiger partial charge in [0.05, 0.1) is 13.2 Å². The third-order valence-corrected chi connectivity index (χ3v) is 0.421. The van der Waals surface area contributed by atoms with E-state index >= 15 is 0 Å². The molecule has 0 aromatic carbocycles. The Labute approximate surface area is 74.1 Å². The average Bonchev–Trinajstić information content (AvgIpc) is 2.06. The second-order valence-electron chi connectivity index (χ2n) is 1.84. The van der Waals surface area contributed by atoms with E-state index in [0.717, 1.165) is 0 Å². The van der Waals surface area contributed by atoms with Crippen LogP contribution in [-0.4, -0.2) is 48.9 Å². The van der Waals surface area contributed by atoms with E-state index in [-0.39, 0.29) is 13.2 Å². The average molecular weight is 180 g/mol. The van der Waals surface area contributed by atoms with E-state index < -0.39 is 6.10 Å². The van der Waals surface area contributed by atoms with E-state index in [0.29, 0.717) is 0 Å². The largest absolute Gasteiger partial charge is 0.394 e. The molecule has 0 aliphatic rings. The lowest BCUT2D eigenvalue weighted by molar-refractivity contribution is 0.0450. The second-order valence-corrected chi connectivity index (χ2v) is 1.84. The molecule has 0 bridgehead atoms. The van der Waals surface area contributed by atoms with Crippen LogP contribution in [0.3, 0.4) is 0 Å². The number of ether oxygens (including phenoxy) is 1. The fraction of sp³-hybridized carbons (Fsp3) is 0.750. The molecule has 0 atom stereocenters. The number of hydrogen-bond acceptors (Lipinski definition) is 4. The van der Waals surface area contributed by atoms with Gasteiger partial charge in [0.2, 0.25) is 0 Å². The summed E-state index contributed by atoms with van der Waals surface area (Å²) in [5, 5.41) is 24.0. The van der Waals surface area contributed by atoms with Gasteiger partial charge >= 0.3 is 0 Å². The third-order valence-electron chi connectivity index (χ3n) is 0.421. The van der Waals surface area contributed by atoms with Crippen LogP contribution in [-0.2, 0) is 4.74 Å². The lowest BCUT2D eigenvalue weighted by atomic mass is 10.4. The molecule has 0 aromatic heterocycles. The van der Waals surface area contributed by atoms with Crippen LogP contribution in [0.4, 0.5) is 0 Å². The van der Waals surface area contributed by atoms with E-state index in [9.17, 15) is 0 Å². The fourth-order valence-electron chi connectivity index (χ4n) is 0.0577. The first-order valence-corrected chi connectivity index (χ1v) is 3.51. The maximum absolute atomic E-state index is 8.17. The fourth-order valence-corrected chi connectivity index (χ4v) is 0.0577. The van der Waals surface area contributed by atoms with E-state index in [4.69, 9.17) is 15.3 Å². The van der Waals surface area contributed by atoms with Crippen molar-refractivity contribution in [1.29, 1.82) is 0 Å². The van der Waals surface area contributed by atoms with Crippen molar-refractivity contribution < 1.29 is 20.1 Å². The minimum atomic E-state index is -0.954. The quantitative estimate of drug-likeness (QED) is 0.514. The Morgan fingerprint density at radius 1 is 1.33 bits per heavy atom. The zero-order valence-electron chi connectivity index (χ0n) is 8.03. The van der Waals surface area contributed by atoms with Crippen LogP contribution < -0.4 is 0 Å². The van der Waals surface area contributed by atoms with E-state index in [2.05, 4.69) is 11.3 Å². The summed E-state index contributed by atoms with van der Waals surface area (Å²) in [4.78, 5) is 0. The predicted octanol–water partition coefficient (Wildman–Crippen LogP) is -0.213. The molecule has 0 spiro atoms. The minimum Gasteiger partial charge on any atom is -0.394 e. The van der Waals surface area contributed by atoms with Crippen LogP contribution >= 0.6 is 0 Å². The van der Waals surface area contributed by atoms with Gasteiger partial charge in [-0.2, -0.15) is 0 Å². The summed E-state index contributed by atoms with van der Waals surface area (Å²) >= 11 is 0. The van der Waals surface area contributed by atoms with Gasteiger partial charge in [-0.25, -0.2) is 0 Å². The molecule has 4 nitrogen and oxygen atoms in total. The van der Waals surface area contributed by atoms with Crippen molar-refractivity contribution in [3.63, 3.8) is 0 Å². The molecule has 12 heavy (non-hydrogen) atoms. The van der Waals surface area contributed by atoms with Crippen molar-refractivity contribution in [2.24, 2.45) is 0 Å². The van der Waals surface area contributed by atoms with Gasteiger partial charge in [-0.05, 0) is 6.92 Å². The van der Waals surface area contributed by atoms with Gasteiger partial charge in [0.1, 0.15) is 6.10 Å². The van der Waals surface area contributed by atoms with Gasteiger partial charge in [-0.3, -0.25) is 0 Å². The van der Waals surface area contributed by atoms with Crippen LogP contribution in [0.2, 0.25) is 0 Å². The van der Waals surface area contributed by atoms with Gasteiger partial charge in [0, 0.05) is 14.2 Å². The molecule has 0 aliphatic heterocycles. The molecule has 0 saturated heterocycles. The van der Waals surface area contributed by atoms with Gasteiger partial charge < -0.3 is 20.1 Å². The summed E-state index contributed by atoms with van der Waals surface area (Å²) in [5.41, 5.74) is 0. The molecule has 0 amide bonds. The topological polar surface area (TPSA) is 69.9 Å². The highest BCUT2D eigenvalue weighted by atomic mass is 16.4. The van der Waals surface area contributed by atoms with Crippen molar-refractivity contribution in [2.45, 2.75) is 13.0 Å². The van der Waals surface area contributed by atoms with Crippen LogP contribution in [0.25, 0.3) is 0 Å². The van der Waals surface area contributed by atoms with Crippen molar-refractivity contribution in [3.8, 4) is 0 Å². The zero-order chi connectivity index (χ0) is 10.4. The summed E-state index contributed by atoms with van der Waals surface area (Å²) in [6.07, 6.45) is 0.796. The van der Waals surface area contributed by atoms with Crippen molar-refractivity contribution in [1.82, 2.24) is 0 Å². The number of rotatable bonds is 2.